The molecule has 0 saturated carbocycles. The lowest BCUT2D eigenvalue weighted by Gasteiger charge is -2.25. The lowest BCUT2D eigenvalue weighted by Crippen LogP contribution is -2.26. The first-order valence-electron chi connectivity index (χ1n) is 5.65. The summed E-state index contributed by atoms with van der Waals surface area (Å²) in [6.07, 6.45) is 0.233. The average Bonchev–Trinajstić information content (AvgIpc) is 2.78. The summed E-state index contributed by atoms with van der Waals surface area (Å²) in [5, 5.41) is 0. The normalized spacial score (nSPS) is 14.6. The van der Waals surface area contributed by atoms with Crippen molar-refractivity contribution < 1.29 is 14.3 Å². The van der Waals surface area contributed by atoms with Crippen LogP contribution >= 0.6 is 11.8 Å². The Labute approximate surface area is 110 Å². The van der Waals surface area contributed by atoms with Crippen molar-refractivity contribution >= 4 is 29.5 Å². The second-order valence-electron chi connectivity index (χ2n) is 3.87. The minimum absolute atomic E-state index is 0.142. The molecule has 18 heavy (non-hydrogen) atoms. The van der Waals surface area contributed by atoms with E-state index in [0.29, 0.717) is 19.6 Å². The van der Waals surface area contributed by atoms with Gasteiger partial charge in [0.15, 0.2) is 0 Å². The van der Waals surface area contributed by atoms with E-state index >= 15 is 0 Å². The Hall–Kier alpha value is -1.75. The number of amides is 2. The summed E-state index contributed by atoms with van der Waals surface area (Å²) in [6, 6.07) is 6.08. The van der Waals surface area contributed by atoms with Crippen molar-refractivity contribution in [2.45, 2.75) is 13.3 Å². The molecule has 1 N–H and O–H groups in total. The minimum atomic E-state index is -0.215. The van der Waals surface area contributed by atoms with Crippen molar-refractivity contribution in [3.05, 3.63) is 18.2 Å². The van der Waals surface area contributed by atoms with Crippen LogP contribution in [0.15, 0.2) is 18.2 Å². The number of fused-ring (bicyclic) bond motifs is 1. The molecule has 1 saturated heterocycles. The van der Waals surface area contributed by atoms with Crippen molar-refractivity contribution in [1.82, 2.24) is 4.84 Å². The second kappa shape index (κ2) is 5.27. The van der Waals surface area contributed by atoms with Crippen LogP contribution in [0.3, 0.4) is 0 Å². The summed E-state index contributed by atoms with van der Waals surface area (Å²) in [5.74, 6) is -0.142. The SMILES string of the molecule is CCC(=O)NCl.O=C1OCCN1c1cc2ccc1-2. The third-order valence-electron chi connectivity index (χ3n) is 2.79. The zero-order valence-electron chi connectivity index (χ0n) is 9.90. The Kier molecular flexibility index (Phi) is 3.72. The van der Waals surface area contributed by atoms with Gasteiger partial charge in [0.1, 0.15) is 6.61 Å². The van der Waals surface area contributed by atoms with Gasteiger partial charge in [-0.1, -0.05) is 19.1 Å². The predicted molar refractivity (Wildman–Crippen MR) is 68.4 cm³/mol. The van der Waals surface area contributed by atoms with Crippen molar-refractivity contribution in [3.8, 4) is 11.1 Å². The van der Waals surface area contributed by atoms with E-state index in [9.17, 15) is 9.59 Å². The van der Waals surface area contributed by atoms with E-state index in [-0.39, 0.29) is 12.0 Å². The van der Waals surface area contributed by atoms with Crippen LogP contribution in [-0.2, 0) is 9.53 Å². The molecular weight excluding hydrogens is 256 g/mol. The van der Waals surface area contributed by atoms with E-state index < -0.39 is 0 Å². The fourth-order valence-corrected chi connectivity index (χ4v) is 1.81. The van der Waals surface area contributed by atoms with E-state index in [1.54, 1.807) is 11.8 Å². The summed E-state index contributed by atoms with van der Waals surface area (Å²) in [4.78, 5) is 24.7. The summed E-state index contributed by atoms with van der Waals surface area (Å²) < 4.78 is 4.83. The largest absolute Gasteiger partial charge is 0.447 e. The molecule has 0 aromatic rings. The number of cyclic esters (lactones) is 1. The molecule has 96 valence electrons. The number of carbonyl (C=O) groups excluding carboxylic acids is 2. The molecule has 1 fully saturated rings. The monoisotopic (exact) mass is 268 g/mol. The smallest absolute Gasteiger partial charge is 0.414 e. The molecule has 3 rings (SSSR count). The Balaban J connectivity index is 0.000000174. The van der Waals surface area contributed by atoms with Crippen LogP contribution in [0.25, 0.3) is 11.1 Å². The van der Waals surface area contributed by atoms with Gasteiger partial charge in [0.25, 0.3) is 0 Å². The maximum atomic E-state index is 11.1. The number of benzene rings is 1. The van der Waals surface area contributed by atoms with Crippen molar-refractivity contribution in [2.24, 2.45) is 0 Å². The standard InChI is InChI=1S/C9H7NO2.C3H6ClNO/c11-9-10(3-4-12-9)8-5-6-1-2-7(6)8;1-2-3(6)5-4/h1-2,5H,3-4H2;2H2,1H3,(H,5,6). The van der Waals surface area contributed by atoms with Gasteiger partial charge in [-0.15, -0.1) is 0 Å². The fourth-order valence-electron chi connectivity index (χ4n) is 1.67. The van der Waals surface area contributed by atoms with Crippen LogP contribution in [0.5, 0.6) is 0 Å². The second-order valence-corrected chi connectivity index (χ2v) is 4.06. The number of halogens is 1. The fraction of sp³-hybridized carbons (Fsp3) is 0.333. The first kappa shape index (κ1) is 12.7. The van der Waals surface area contributed by atoms with Crippen molar-refractivity contribution in [1.29, 1.82) is 0 Å². The van der Waals surface area contributed by atoms with Gasteiger partial charge in [-0.3, -0.25) is 14.5 Å². The van der Waals surface area contributed by atoms with Gasteiger partial charge in [-0.2, -0.15) is 0 Å². The zero-order valence-corrected chi connectivity index (χ0v) is 10.7. The molecule has 0 bridgehead atoms. The number of nitrogens with zero attached hydrogens (tertiary/aromatic N) is 1. The quantitative estimate of drug-likeness (QED) is 0.850. The van der Waals surface area contributed by atoms with Gasteiger partial charge in [-0.05, 0) is 11.6 Å². The van der Waals surface area contributed by atoms with Gasteiger partial charge >= 0.3 is 6.09 Å². The molecule has 0 spiro atoms. The van der Waals surface area contributed by atoms with Crippen molar-refractivity contribution in [3.63, 3.8) is 0 Å². The average molecular weight is 269 g/mol. The molecule has 1 heterocycles. The van der Waals surface area contributed by atoms with Crippen molar-refractivity contribution in [2.75, 3.05) is 18.1 Å². The molecule has 6 heteroatoms. The van der Waals surface area contributed by atoms with E-state index in [0.717, 1.165) is 5.69 Å². The van der Waals surface area contributed by atoms with Crippen LogP contribution in [0, 0.1) is 0 Å². The molecule has 3 aliphatic rings. The number of anilines is 1. The topological polar surface area (TPSA) is 58.6 Å². The summed E-state index contributed by atoms with van der Waals surface area (Å²) in [5.41, 5.74) is 3.48. The van der Waals surface area contributed by atoms with E-state index in [2.05, 4.69) is 0 Å². The van der Waals surface area contributed by atoms with Gasteiger partial charge in [0.2, 0.25) is 5.91 Å². The highest BCUT2D eigenvalue weighted by Gasteiger charge is 2.30. The Morgan fingerprint density at radius 3 is 2.61 bits per heavy atom. The number of nitrogens with one attached hydrogen (secondary N) is 1. The summed E-state index contributed by atoms with van der Waals surface area (Å²) in [7, 11) is 0. The number of hydrogen-bond donors (Lipinski definition) is 1. The molecular formula is C12H13ClN2O3. The highest BCUT2D eigenvalue weighted by atomic mass is 35.5. The van der Waals surface area contributed by atoms with Gasteiger partial charge < -0.3 is 4.74 Å². The number of carbonyl (C=O) groups is 2. The maximum Gasteiger partial charge on any atom is 0.414 e. The Bertz CT molecular complexity index is 484. The highest BCUT2D eigenvalue weighted by Crippen LogP contribution is 2.43. The van der Waals surface area contributed by atoms with Crippen LogP contribution in [0.4, 0.5) is 10.5 Å². The molecule has 0 atom stereocenters. The predicted octanol–water partition coefficient (Wildman–Crippen LogP) is 2.29. The molecule has 0 aromatic heterocycles. The van der Waals surface area contributed by atoms with Gasteiger partial charge in [-0.25, -0.2) is 4.79 Å². The van der Waals surface area contributed by atoms with Gasteiger partial charge in [0, 0.05) is 23.8 Å². The first-order chi connectivity index (χ1) is 8.67. The Morgan fingerprint density at radius 2 is 2.33 bits per heavy atom. The highest BCUT2D eigenvalue weighted by molar-refractivity contribution is 6.21. The lowest BCUT2D eigenvalue weighted by molar-refractivity contribution is -0.119. The van der Waals surface area contributed by atoms with E-state index in [1.165, 1.54) is 11.1 Å². The molecule has 2 amide bonds. The van der Waals surface area contributed by atoms with Crippen LogP contribution in [0.2, 0.25) is 0 Å². The minimum Gasteiger partial charge on any atom is -0.447 e. The molecule has 1 aliphatic heterocycles. The molecule has 0 unspecified atom stereocenters. The van der Waals surface area contributed by atoms with Crippen LogP contribution in [0.1, 0.15) is 13.3 Å². The number of rotatable bonds is 2. The molecule has 5 nitrogen and oxygen atoms in total. The zero-order chi connectivity index (χ0) is 13.1. The molecule has 2 aliphatic carbocycles. The van der Waals surface area contributed by atoms with Crippen LogP contribution < -0.4 is 9.74 Å². The molecule has 0 aromatic carbocycles. The molecule has 0 radical (unpaired) electrons. The van der Waals surface area contributed by atoms with Crippen LogP contribution in [-0.4, -0.2) is 25.2 Å². The maximum absolute atomic E-state index is 11.1. The lowest BCUT2D eigenvalue weighted by atomic mass is 9.90. The van der Waals surface area contributed by atoms with Gasteiger partial charge in [0.05, 0.1) is 12.2 Å². The number of hydrogen-bond acceptors (Lipinski definition) is 3. The number of ether oxygens (including phenoxy) is 1. The Morgan fingerprint density at radius 1 is 1.56 bits per heavy atom. The van der Waals surface area contributed by atoms with E-state index in [1.807, 2.05) is 23.0 Å². The van der Waals surface area contributed by atoms with E-state index in [4.69, 9.17) is 16.5 Å². The third-order valence-corrected chi connectivity index (χ3v) is 3.00. The summed E-state index contributed by atoms with van der Waals surface area (Å²) in [6.45, 7) is 2.94. The third kappa shape index (κ3) is 2.26. The first-order valence-corrected chi connectivity index (χ1v) is 6.03. The summed E-state index contributed by atoms with van der Waals surface area (Å²) >= 11 is 4.85.